The van der Waals surface area contributed by atoms with Crippen LogP contribution in [-0.4, -0.2) is 30.8 Å². The number of aliphatic hydroxyl groups excluding tert-OH is 1. The van der Waals surface area contributed by atoms with Crippen LogP contribution in [0.4, 0.5) is 8.78 Å². The zero-order chi connectivity index (χ0) is 19.6. The number of ether oxygens (including phenoxy) is 1. The van der Waals surface area contributed by atoms with Crippen LogP contribution in [0.2, 0.25) is 0 Å². The van der Waals surface area contributed by atoms with Gasteiger partial charge in [0.1, 0.15) is 5.75 Å². The third-order valence-electron chi connectivity index (χ3n) is 3.76. The van der Waals surface area contributed by atoms with Crippen LogP contribution in [-0.2, 0) is 13.0 Å². The number of benzene rings is 1. The highest BCUT2D eigenvalue weighted by Gasteiger charge is 2.10. The van der Waals surface area contributed by atoms with Crippen molar-refractivity contribution in [3.63, 3.8) is 0 Å². The summed E-state index contributed by atoms with van der Waals surface area (Å²) < 4.78 is 28.7. The SMILES string of the molecule is CCNC(=NCc1ccc(CC)s1)NCC(O)c1ccc(OC(F)F)cc1.I. The maximum atomic E-state index is 12.2. The summed E-state index contributed by atoms with van der Waals surface area (Å²) in [6, 6.07) is 10.1. The van der Waals surface area contributed by atoms with Gasteiger partial charge in [-0.15, -0.1) is 35.3 Å². The van der Waals surface area contributed by atoms with Crippen LogP contribution in [0.3, 0.4) is 0 Å². The van der Waals surface area contributed by atoms with Crippen LogP contribution in [0.15, 0.2) is 41.4 Å². The Bertz CT molecular complexity index is 726. The number of aryl methyl sites for hydroxylation is 1. The smallest absolute Gasteiger partial charge is 0.387 e. The third kappa shape index (κ3) is 8.27. The van der Waals surface area contributed by atoms with Gasteiger partial charge in [0.15, 0.2) is 5.96 Å². The number of aliphatic hydroxyl groups is 1. The van der Waals surface area contributed by atoms with Crippen molar-refractivity contribution in [1.29, 1.82) is 0 Å². The van der Waals surface area contributed by atoms with E-state index in [-0.39, 0.29) is 36.3 Å². The standard InChI is InChI=1S/C19H25F2N3O2S.HI/c1-3-15-9-10-16(27-15)11-23-19(22-4-2)24-12-17(25)13-5-7-14(8-6-13)26-18(20)21;/h5-10,17-18,25H,3-4,11-12H2,1-2H3,(H2,22,23,24);1H. The highest BCUT2D eigenvalue weighted by Crippen LogP contribution is 2.19. The molecule has 1 unspecified atom stereocenters. The quantitative estimate of drug-likeness (QED) is 0.259. The molecule has 5 nitrogen and oxygen atoms in total. The third-order valence-corrected chi connectivity index (χ3v) is 4.97. The van der Waals surface area contributed by atoms with Crippen molar-refractivity contribution in [2.24, 2.45) is 4.99 Å². The maximum Gasteiger partial charge on any atom is 0.387 e. The Hall–Kier alpha value is -1.46. The molecule has 1 aromatic heterocycles. The summed E-state index contributed by atoms with van der Waals surface area (Å²) in [7, 11) is 0. The van der Waals surface area contributed by atoms with Crippen molar-refractivity contribution >= 4 is 41.3 Å². The van der Waals surface area contributed by atoms with E-state index in [1.54, 1.807) is 23.5 Å². The minimum absolute atomic E-state index is 0. The van der Waals surface area contributed by atoms with E-state index in [1.165, 1.54) is 21.9 Å². The van der Waals surface area contributed by atoms with Gasteiger partial charge in [-0.3, -0.25) is 0 Å². The van der Waals surface area contributed by atoms with Gasteiger partial charge >= 0.3 is 6.61 Å². The first kappa shape index (κ1) is 24.6. The van der Waals surface area contributed by atoms with E-state index in [2.05, 4.69) is 39.4 Å². The van der Waals surface area contributed by atoms with Crippen LogP contribution in [0.1, 0.15) is 35.3 Å². The van der Waals surface area contributed by atoms with Crippen molar-refractivity contribution in [1.82, 2.24) is 10.6 Å². The first-order valence-electron chi connectivity index (χ1n) is 8.84. The lowest BCUT2D eigenvalue weighted by molar-refractivity contribution is -0.0498. The minimum atomic E-state index is -2.86. The molecular weight excluding hydrogens is 499 g/mol. The summed E-state index contributed by atoms with van der Waals surface area (Å²) in [6.45, 7) is 2.74. The predicted octanol–water partition coefficient (Wildman–Crippen LogP) is 4.32. The number of guanidine groups is 1. The predicted molar refractivity (Wildman–Crippen MR) is 120 cm³/mol. The Labute approximate surface area is 185 Å². The summed E-state index contributed by atoms with van der Waals surface area (Å²) in [4.78, 5) is 7.04. The van der Waals surface area contributed by atoms with Crippen LogP contribution in [0.25, 0.3) is 0 Å². The average Bonchev–Trinajstić information content (AvgIpc) is 3.12. The minimum Gasteiger partial charge on any atom is -0.435 e. The fraction of sp³-hybridized carbons (Fsp3) is 0.421. The molecule has 0 saturated heterocycles. The zero-order valence-corrected chi connectivity index (χ0v) is 19.0. The molecule has 0 fully saturated rings. The van der Waals surface area contributed by atoms with Gasteiger partial charge in [0.2, 0.25) is 0 Å². The first-order chi connectivity index (χ1) is 13.0. The van der Waals surface area contributed by atoms with Crippen LogP contribution in [0.5, 0.6) is 5.75 Å². The number of thiophene rings is 1. The first-order valence-corrected chi connectivity index (χ1v) is 9.66. The number of aliphatic imine (C=N–C) groups is 1. The Morgan fingerprint density at radius 3 is 2.36 bits per heavy atom. The van der Waals surface area contributed by atoms with E-state index < -0.39 is 12.7 Å². The number of halogens is 3. The van der Waals surface area contributed by atoms with Crippen LogP contribution in [0, 0.1) is 0 Å². The molecule has 156 valence electrons. The lowest BCUT2D eigenvalue weighted by atomic mass is 10.1. The normalized spacial score (nSPS) is 12.4. The van der Waals surface area contributed by atoms with Crippen molar-refractivity contribution in [3.05, 3.63) is 51.7 Å². The molecule has 0 aliphatic rings. The van der Waals surface area contributed by atoms with Gasteiger partial charge < -0.3 is 20.5 Å². The molecule has 2 aromatic rings. The summed E-state index contributed by atoms with van der Waals surface area (Å²) in [6.07, 6.45) is 0.211. The summed E-state index contributed by atoms with van der Waals surface area (Å²) in [5, 5.41) is 16.5. The molecule has 0 aliphatic carbocycles. The van der Waals surface area contributed by atoms with Gasteiger partial charge in [0.05, 0.1) is 12.6 Å². The molecule has 0 saturated carbocycles. The fourth-order valence-corrected chi connectivity index (χ4v) is 3.26. The van der Waals surface area contributed by atoms with E-state index in [9.17, 15) is 13.9 Å². The summed E-state index contributed by atoms with van der Waals surface area (Å²) in [5.41, 5.74) is 0.603. The maximum absolute atomic E-state index is 12.2. The van der Waals surface area contributed by atoms with E-state index >= 15 is 0 Å². The lowest BCUT2D eigenvalue weighted by Gasteiger charge is -2.16. The number of alkyl halides is 2. The number of nitrogens with one attached hydrogen (secondary N) is 2. The highest BCUT2D eigenvalue weighted by atomic mass is 127. The van der Waals surface area contributed by atoms with Gasteiger partial charge in [0.25, 0.3) is 0 Å². The van der Waals surface area contributed by atoms with Crippen molar-refractivity contribution < 1.29 is 18.6 Å². The molecule has 2 rings (SSSR count). The molecule has 28 heavy (non-hydrogen) atoms. The van der Waals surface area contributed by atoms with E-state index in [1.807, 2.05) is 6.92 Å². The Kier molecular flexibility index (Phi) is 11.3. The summed E-state index contributed by atoms with van der Waals surface area (Å²) >= 11 is 1.74. The number of hydrogen-bond acceptors (Lipinski definition) is 4. The van der Waals surface area contributed by atoms with Crippen molar-refractivity contribution in [3.8, 4) is 5.75 Å². The molecular formula is C19H26F2IN3O2S. The Morgan fingerprint density at radius 2 is 1.79 bits per heavy atom. The van der Waals surface area contributed by atoms with Gasteiger partial charge in [0, 0.05) is 22.8 Å². The zero-order valence-electron chi connectivity index (χ0n) is 15.8. The van der Waals surface area contributed by atoms with Crippen LogP contribution < -0.4 is 15.4 Å². The second-order valence-corrected chi connectivity index (χ2v) is 7.01. The molecule has 1 aromatic carbocycles. The molecule has 3 N–H and O–H groups in total. The van der Waals surface area contributed by atoms with Crippen molar-refractivity contribution in [2.45, 2.75) is 39.5 Å². The van der Waals surface area contributed by atoms with E-state index in [4.69, 9.17) is 0 Å². The van der Waals surface area contributed by atoms with E-state index in [0.29, 0.717) is 24.6 Å². The molecule has 1 heterocycles. The molecule has 0 spiro atoms. The Morgan fingerprint density at radius 1 is 1.11 bits per heavy atom. The molecule has 0 radical (unpaired) electrons. The Balaban J connectivity index is 0.00000392. The highest BCUT2D eigenvalue weighted by molar-refractivity contribution is 14.0. The van der Waals surface area contributed by atoms with Gasteiger partial charge in [-0.05, 0) is 43.2 Å². The topological polar surface area (TPSA) is 65.9 Å². The second-order valence-electron chi connectivity index (χ2n) is 5.76. The van der Waals surface area contributed by atoms with Gasteiger partial charge in [-0.1, -0.05) is 19.1 Å². The largest absolute Gasteiger partial charge is 0.435 e. The summed E-state index contributed by atoms with van der Waals surface area (Å²) in [5.74, 6) is 0.673. The molecule has 9 heteroatoms. The molecule has 0 amide bonds. The number of nitrogens with zero attached hydrogens (tertiary/aromatic N) is 1. The molecule has 0 bridgehead atoms. The van der Waals surface area contributed by atoms with Crippen molar-refractivity contribution in [2.75, 3.05) is 13.1 Å². The second kappa shape index (κ2) is 12.9. The average molecular weight is 525 g/mol. The van der Waals surface area contributed by atoms with E-state index in [0.717, 1.165) is 6.42 Å². The number of hydrogen-bond donors (Lipinski definition) is 3. The van der Waals surface area contributed by atoms with Gasteiger partial charge in [-0.2, -0.15) is 8.78 Å². The van der Waals surface area contributed by atoms with Crippen LogP contribution >= 0.6 is 35.3 Å². The molecule has 1 atom stereocenters. The fourth-order valence-electron chi connectivity index (χ4n) is 2.38. The number of rotatable bonds is 9. The lowest BCUT2D eigenvalue weighted by Crippen LogP contribution is -2.39. The van der Waals surface area contributed by atoms with Gasteiger partial charge in [-0.25, -0.2) is 4.99 Å². The monoisotopic (exact) mass is 525 g/mol. The molecule has 0 aliphatic heterocycles.